The zero-order valence-corrected chi connectivity index (χ0v) is 14.3. The van der Waals surface area contributed by atoms with E-state index in [4.69, 9.17) is 0 Å². The minimum Gasteiger partial charge on any atom is -0.355 e. The maximum Gasteiger partial charge on any atom is 0.270 e. The summed E-state index contributed by atoms with van der Waals surface area (Å²) in [5, 5.41) is 13.5. The summed E-state index contributed by atoms with van der Waals surface area (Å²) in [5.41, 5.74) is 1.68. The van der Waals surface area contributed by atoms with Crippen LogP contribution in [0.2, 0.25) is 0 Å². The molecule has 1 saturated carbocycles. The zero-order chi connectivity index (χ0) is 18.7. The summed E-state index contributed by atoms with van der Waals surface area (Å²) in [6, 6.07) is 13.0. The van der Waals surface area contributed by atoms with Gasteiger partial charge in [0.25, 0.3) is 17.5 Å². The maximum absolute atomic E-state index is 12.9. The van der Waals surface area contributed by atoms with Gasteiger partial charge in [-0.1, -0.05) is 18.2 Å². The highest BCUT2D eigenvalue weighted by Crippen LogP contribution is 2.30. The van der Waals surface area contributed by atoms with Gasteiger partial charge in [0.1, 0.15) is 0 Å². The molecule has 1 aliphatic rings. The Morgan fingerprint density at radius 2 is 1.85 bits per heavy atom. The summed E-state index contributed by atoms with van der Waals surface area (Å²) >= 11 is 0. The summed E-state index contributed by atoms with van der Waals surface area (Å²) in [6.07, 6.45) is 1.86. The number of benzene rings is 2. The second-order valence-corrected chi connectivity index (χ2v) is 6.25. The first-order valence-electron chi connectivity index (χ1n) is 8.36. The van der Waals surface area contributed by atoms with Gasteiger partial charge in [-0.15, -0.1) is 0 Å². The van der Waals surface area contributed by atoms with Crippen LogP contribution in [0.5, 0.6) is 0 Å². The number of rotatable bonds is 6. The van der Waals surface area contributed by atoms with Gasteiger partial charge >= 0.3 is 0 Å². The van der Waals surface area contributed by atoms with Crippen LogP contribution in [0.15, 0.2) is 48.5 Å². The molecule has 0 bridgehead atoms. The van der Waals surface area contributed by atoms with E-state index in [2.05, 4.69) is 5.32 Å². The van der Waals surface area contributed by atoms with Crippen molar-refractivity contribution < 1.29 is 14.5 Å². The highest BCUT2D eigenvalue weighted by Gasteiger charge is 2.33. The van der Waals surface area contributed by atoms with Crippen molar-refractivity contribution in [1.29, 1.82) is 0 Å². The lowest BCUT2D eigenvalue weighted by atomic mass is 10.1. The van der Waals surface area contributed by atoms with Gasteiger partial charge < -0.3 is 10.2 Å². The third-order valence-corrected chi connectivity index (χ3v) is 4.35. The molecule has 2 aromatic rings. The number of hydrogen-bond acceptors (Lipinski definition) is 4. The standard InChI is InChI=1S/C19H19N3O4/c1-20-18(23)14-7-5-13(6-8-14)12-21(16-9-10-16)19(24)15-3-2-4-17(11-15)22(25)26/h2-8,11,16H,9-10,12H2,1H3,(H,20,23). The fourth-order valence-electron chi connectivity index (χ4n) is 2.77. The summed E-state index contributed by atoms with van der Waals surface area (Å²) in [7, 11) is 1.57. The van der Waals surface area contributed by atoms with Gasteiger partial charge in [-0.2, -0.15) is 0 Å². The predicted octanol–water partition coefficient (Wildman–Crippen LogP) is 2.76. The summed E-state index contributed by atoms with van der Waals surface area (Å²) in [4.78, 5) is 36.7. The van der Waals surface area contributed by atoms with Crippen LogP contribution in [-0.2, 0) is 6.54 Å². The Bertz CT molecular complexity index is 844. The average Bonchev–Trinajstić information content (AvgIpc) is 3.50. The first kappa shape index (κ1) is 17.6. The van der Waals surface area contributed by atoms with Gasteiger partial charge in [0.05, 0.1) is 4.92 Å². The van der Waals surface area contributed by atoms with E-state index >= 15 is 0 Å². The van der Waals surface area contributed by atoms with Gasteiger partial charge in [-0.05, 0) is 36.6 Å². The molecule has 7 nitrogen and oxygen atoms in total. The summed E-state index contributed by atoms with van der Waals surface area (Å²) < 4.78 is 0. The molecule has 0 unspecified atom stereocenters. The van der Waals surface area contributed by atoms with E-state index in [0.717, 1.165) is 18.4 Å². The number of amides is 2. The van der Waals surface area contributed by atoms with Gasteiger partial charge in [-0.25, -0.2) is 0 Å². The molecule has 2 aromatic carbocycles. The van der Waals surface area contributed by atoms with Crippen LogP contribution in [0.1, 0.15) is 39.1 Å². The van der Waals surface area contributed by atoms with Crippen molar-refractivity contribution in [3.8, 4) is 0 Å². The molecule has 0 spiro atoms. The first-order chi connectivity index (χ1) is 12.5. The second kappa shape index (κ2) is 7.35. The van der Waals surface area contributed by atoms with E-state index in [1.54, 1.807) is 30.1 Å². The summed E-state index contributed by atoms with van der Waals surface area (Å²) in [5.74, 6) is -0.380. The molecular weight excluding hydrogens is 334 g/mol. The molecule has 3 rings (SSSR count). The lowest BCUT2D eigenvalue weighted by Gasteiger charge is -2.22. The fraction of sp³-hybridized carbons (Fsp3) is 0.263. The van der Waals surface area contributed by atoms with Crippen LogP contribution in [0.3, 0.4) is 0 Å². The van der Waals surface area contributed by atoms with Crippen molar-refractivity contribution in [3.05, 3.63) is 75.3 Å². The largest absolute Gasteiger partial charge is 0.355 e. The molecule has 1 fully saturated rings. The molecule has 134 valence electrons. The smallest absolute Gasteiger partial charge is 0.270 e. The topological polar surface area (TPSA) is 92.6 Å². The van der Waals surface area contributed by atoms with Crippen LogP contribution in [0, 0.1) is 10.1 Å². The minimum atomic E-state index is -0.504. The molecule has 7 heteroatoms. The normalized spacial score (nSPS) is 13.1. The lowest BCUT2D eigenvalue weighted by Crippen LogP contribution is -2.32. The van der Waals surface area contributed by atoms with Crippen molar-refractivity contribution in [2.24, 2.45) is 0 Å². The predicted molar refractivity (Wildman–Crippen MR) is 95.8 cm³/mol. The van der Waals surface area contributed by atoms with Crippen LogP contribution in [0.4, 0.5) is 5.69 Å². The van der Waals surface area contributed by atoms with Crippen molar-refractivity contribution in [2.45, 2.75) is 25.4 Å². The lowest BCUT2D eigenvalue weighted by molar-refractivity contribution is -0.384. The second-order valence-electron chi connectivity index (χ2n) is 6.25. The Morgan fingerprint density at radius 1 is 1.15 bits per heavy atom. The fourth-order valence-corrected chi connectivity index (χ4v) is 2.77. The molecule has 1 aliphatic carbocycles. The van der Waals surface area contributed by atoms with E-state index in [9.17, 15) is 19.7 Å². The highest BCUT2D eigenvalue weighted by atomic mass is 16.6. The Morgan fingerprint density at radius 3 is 2.42 bits per heavy atom. The monoisotopic (exact) mass is 353 g/mol. The van der Waals surface area contributed by atoms with Gasteiger partial charge in [-0.3, -0.25) is 19.7 Å². The molecular formula is C19H19N3O4. The Labute approximate surface area is 150 Å². The van der Waals surface area contributed by atoms with Gasteiger partial charge in [0, 0.05) is 42.9 Å². The summed E-state index contributed by atoms with van der Waals surface area (Å²) in [6.45, 7) is 0.403. The minimum absolute atomic E-state index is 0.0958. The molecule has 26 heavy (non-hydrogen) atoms. The van der Waals surface area contributed by atoms with Crippen LogP contribution in [0.25, 0.3) is 0 Å². The highest BCUT2D eigenvalue weighted by molar-refractivity contribution is 5.95. The van der Waals surface area contributed by atoms with E-state index in [1.807, 2.05) is 12.1 Å². The molecule has 0 aromatic heterocycles. The first-order valence-corrected chi connectivity index (χ1v) is 8.36. The number of nitro benzene ring substituents is 1. The number of carbonyl (C=O) groups excluding carboxylic acids is 2. The number of nitro groups is 1. The van der Waals surface area contributed by atoms with E-state index in [-0.39, 0.29) is 23.5 Å². The maximum atomic E-state index is 12.9. The van der Waals surface area contributed by atoms with Crippen molar-refractivity contribution >= 4 is 17.5 Å². The molecule has 0 heterocycles. The Balaban J connectivity index is 1.79. The van der Waals surface area contributed by atoms with E-state index in [0.29, 0.717) is 17.7 Å². The van der Waals surface area contributed by atoms with Crippen LogP contribution < -0.4 is 5.32 Å². The SMILES string of the molecule is CNC(=O)c1ccc(CN(C(=O)c2cccc([N+](=O)[O-])c2)C2CC2)cc1. The zero-order valence-electron chi connectivity index (χ0n) is 14.3. The number of nitrogens with one attached hydrogen (secondary N) is 1. The van der Waals surface area contributed by atoms with Gasteiger partial charge in [0.2, 0.25) is 0 Å². The quantitative estimate of drug-likeness (QED) is 0.638. The molecule has 1 N–H and O–H groups in total. The third-order valence-electron chi connectivity index (χ3n) is 4.35. The van der Waals surface area contributed by atoms with Crippen molar-refractivity contribution in [2.75, 3.05) is 7.05 Å². The van der Waals surface area contributed by atoms with Crippen molar-refractivity contribution in [1.82, 2.24) is 10.2 Å². The number of non-ortho nitro benzene ring substituents is 1. The molecule has 0 radical (unpaired) electrons. The van der Waals surface area contributed by atoms with E-state index in [1.165, 1.54) is 18.2 Å². The molecule has 0 aliphatic heterocycles. The van der Waals surface area contributed by atoms with Crippen molar-refractivity contribution in [3.63, 3.8) is 0 Å². The Kier molecular flexibility index (Phi) is 4.97. The van der Waals surface area contributed by atoms with E-state index < -0.39 is 4.92 Å². The molecule has 0 saturated heterocycles. The van der Waals surface area contributed by atoms with Gasteiger partial charge in [0.15, 0.2) is 0 Å². The number of hydrogen-bond donors (Lipinski definition) is 1. The number of nitrogens with zero attached hydrogens (tertiary/aromatic N) is 2. The average molecular weight is 353 g/mol. The molecule has 2 amide bonds. The van der Waals surface area contributed by atoms with Crippen LogP contribution in [-0.4, -0.2) is 34.7 Å². The number of carbonyl (C=O) groups is 2. The van der Waals surface area contributed by atoms with Crippen LogP contribution >= 0.6 is 0 Å². The molecule has 0 atom stereocenters. The Hall–Kier alpha value is -3.22. The third kappa shape index (κ3) is 3.88.